The molecular weight excluding hydrogens is 212 g/mol. The zero-order valence-electron chi connectivity index (χ0n) is 11.3. The van der Waals surface area contributed by atoms with Gasteiger partial charge in [-0.25, -0.2) is 0 Å². The molecule has 0 saturated heterocycles. The molecule has 3 N–H and O–H groups in total. The lowest BCUT2D eigenvalue weighted by Crippen LogP contribution is -2.53. The molecule has 2 aliphatic carbocycles. The third-order valence-electron chi connectivity index (χ3n) is 4.35. The largest absolute Gasteiger partial charge is 0.349 e. The maximum atomic E-state index is 12.2. The number of hydrogen-bond acceptors (Lipinski definition) is 2. The van der Waals surface area contributed by atoms with Gasteiger partial charge in [0.2, 0.25) is 5.91 Å². The Balaban J connectivity index is 1.86. The van der Waals surface area contributed by atoms with Crippen LogP contribution in [-0.4, -0.2) is 18.0 Å². The molecule has 2 rings (SSSR count). The summed E-state index contributed by atoms with van der Waals surface area (Å²) in [7, 11) is 0. The van der Waals surface area contributed by atoms with E-state index in [9.17, 15) is 4.79 Å². The normalized spacial score (nSPS) is 34.3. The van der Waals surface area contributed by atoms with Gasteiger partial charge < -0.3 is 11.1 Å². The Morgan fingerprint density at radius 1 is 1.35 bits per heavy atom. The smallest absolute Gasteiger partial charge is 0.223 e. The van der Waals surface area contributed by atoms with Crippen molar-refractivity contribution < 1.29 is 4.79 Å². The molecule has 3 unspecified atom stereocenters. The molecule has 3 nitrogen and oxygen atoms in total. The van der Waals surface area contributed by atoms with Crippen LogP contribution in [0, 0.1) is 23.7 Å². The fourth-order valence-corrected chi connectivity index (χ4v) is 3.41. The van der Waals surface area contributed by atoms with Crippen molar-refractivity contribution in [2.24, 2.45) is 29.4 Å². The number of nitrogens with one attached hydrogen (secondary N) is 1. The van der Waals surface area contributed by atoms with Crippen LogP contribution in [0.4, 0.5) is 0 Å². The fourth-order valence-electron chi connectivity index (χ4n) is 3.41. The molecule has 2 aliphatic rings. The van der Waals surface area contributed by atoms with E-state index in [1.54, 1.807) is 0 Å². The number of fused-ring (bicyclic) bond motifs is 1. The standard InChI is InChI=1S/C14H26N2O/c1-9(2)7-14(3,8-15)16-13(17)12-5-10-4-11(10)6-12/h9-12H,4-8,15H2,1-3H3,(H,16,17). The fraction of sp³-hybridized carbons (Fsp3) is 0.929. The SMILES string of the molecule is CC(C)CC(C)(CN)NC(=O)C1CC2CC2C1. The number of hydrogen-bond donors (Lipinski definition) is 2. The summed E-state index contributed by atoms with van der Waals surface area (Å²) in [6, 6.07) is 0. The Morgan fingerprint density at radius 3 is 2.41 bits per heavy atom. The maximum Gasteiger partial charge on any atom is 0.223 e. The highest BCUT2D eigenvalue weighted by molar-refractivity contribution is 5.80. The quantitative estimate of drug-likeness (QED) is 0.768. The highest BCUT2D eigenvalue weighted by atomic mass is 16.2. The molecule has 0 aliphatic heterocycles. The van der Waals surface area contributed by atoms with Crippen molar-refractivity contribution in [1.29, 1.82) is 0 Å². The summed E-state index contributed by atoms with van der Waals surface area (Å²) in [6.45, 7) is 6.94. The Labute approximate surface area is 105 Å². The maximum absolute atomic E-state index is 12.2. The van der Waals surface area contributed by atoms with Crippen molar-refractivity contribution in [1.82, 2.24) is 5.32 Å². The summed E-state index contributed by atoms with van der Waals surface area (Å²) >= 11 is 0. The lowest BCUT2D eigenvalue weighted by Gasteiger charge is -2.32. The van der Waals surface area contributed by atoms with Gasteiger partial charge in [-0.05, 0) is 50.4 Å². The second-order valence-corrected chi connectivity index (χ2v) is 6.78. The first-order valence-electron chi connectivity index (χ1n) is 6.95. The van der Waals surface area contributed by atoms with Gasteiger partial charge in [-0.3, -0.25) is 4.79 Å². The van der Waals surface area contributed by atoms with Gasteiger partial charge in [0.25, 0.3) is 0 Å². The predicted molar refractivity (Wildman–Crippen MR) is 69.4 cm³/mol. The molecule has 0 aromatic carbocycles. The second-order valence-electron chi connectivity index (χ2n) is 6.78. The van der Waals surface area contributed by atoms with E-state index < -0.39 is 0 Å². The lowest BCUT2D eigenvalue weighted by atomic mass is 9.89. The van der Waals surface area contributed by atoms with Crippen molar-refractivity contribution in [3.8, 4) is 0 Å². The van der Waals surface area contributed by atoms with Crippen LogP contribution in [0.1, 0.15) is 46.5 Å². The third kappa shape index (κ3) is 3.01. The summed E-state index contributed by atoms with van der Waals surface area (Å²) in [5, 5.41) is 3.19. The number of rotatable bonds is 5. The van der Waals surface area contributed by atoms with E-state index in [0.717, 1.165) is 31.1 Å². The van der Waals surface area contributed by atoms with E-state index >= 15 is 0 Å². The Bertz CT molecular complexity index is 293. The van der Waals surface area contributed by atoms with Crippen molar-refractivity contribution in [3.63, 3.8) is 0 Å². The first kappa shape index (κ1) is 12.9. The molecule has 17 heavy (non-hydrogen) atoms. The van der Waals surface area contributed by atoms with Gasteiger partial charge in [0.15, 0.2) is 0 Å². The van der Waals surface area contributed by atoms with Crippen LogP contribution in [0.15, 0.2) is 0 Å². The van der Waals surface area contributed by atoms with Crippen molar-refractivity contribution >= 4 is 5.91 Å². The van der Waals surface area contributed by atoms with Gasteiger partial charge in [-0.1, -0.05) is 13.8 Å². The van der Waals surface area contributed by atoms with Crippen molar-refractivity contribution in [2.45, 2.75) is 52.0 Å². The molecule has 3 heteroatoms. The highest BCUT2D eigenvalue weighted by Crippen LogP contribution is 2.54. The van der Waals surface area contributed by atoms with Gasteiger partial charge in [0.1, 0.15) is 0 Å². The zero-order chi connectivity index (χ0) is 12.6. The van der Waals surface area contributed by atoms with Crippen LogP contribution in [-0.2, 0) is 4.79 Å². The summed E-state index contributed by atoms with van der Waals surface area (Å²) in [6.07, 6.45) is 4.54. The van der Waals surface area contributed by atoms with Crippen molar-refractivity contribution in [2.75, 3.05) is 6.54 Å². The monoisotopic (exact) mass is 238 g/mol. The summed E-state index contributed by atoms with van der Waals surface area (Å²) in [5.74, 6) is 2.78. The molecule has 0 spiro atoms. The first-order valence-corrected chi connectivity index (χ1v) is 6.95. The molecule has 0 bridgehead atoms. The number of carbonyl (C=O) groups is 1. The third-order valence-corrected chi connectivity index (χ3v) is 4.35. The number of nitrogens with two attached hydrogens (primary N) is 1. The Kier molecular flexibility index (Phi) is 3.48. The summed E-state index contributed by atoms with van der Waals surface area (Å²) < 4.78 is 0. The molecule has 0 heterocycles. The molecule has 98 valence electrons. The predicted octanol–water partition coefficient (Wildman–Crippen LogP) is 1.91. The topological polar surface area (TPSA) is 55.1 Å². The van der Waals surface area contributed by atoms with E-state index in [-0.39, 0.29) is 17.4 Å². The second kappa shape index (κ2) is 4.60. The highest BCUT2D eigenvalue weighted by Gasteiger charge is 2.48. The van der Waals surface area contributed by atoms with Crippen LogP contribution in [0.5, 0.6) is 0 Å². The number of amides is 1. The Morgan fingerprint density at radius 2 is 1.94 bits per heavy atom. The van der Waals surface area contributed by atoms with Gasteiger partial charge in [-0.2, -0.15) is 0 Å². The zero-order valence-corrected chi connectivity index (χ0v) is 11.3. The number of carbonyl (C=O) groups excluding carboxylic acids is 1. The minimum atomic E-state index is -0.224. The first-order chi connectivity index (χ1) is 7.93. The molecule has 0 aromatic rings. The van der Waals surface area contributed by atoms with Crippen LogP contribution >= 0.6 is 0 Å². The van der Waals surface area contributed by atoms with E-state index in [2.05, 4.69) is 26.1 Å². The lowest BCUT2D eigenvalue weighted by molar-refractivity contribution is -0.127. The van der Waals surface area contributed by atoms with Gasteiger partial charge in [0.05, 0.1) is 0 Å². The van der Waals surface area contributed by atoms with E-state index in [4.69, 9.17) is 5.73 Å². The molecule has 0 radical (unpaired) electrons. The van der Waals surface area contributed by atoms with Crippen LogP contribution in [0.25, 0.3) is 0 Å². The average Bonchev–Trinajstić information content (AvgIpc) is 2.84. The molecule has 0 aromatic heterocycles. The van der Waals surface area contributed by atoms with Crippen LogP contribution in [0.3, 0.4) is 0 Å². The van der Waals surface area contributed by atoms with Crippen molar-refractivity contribution in [3.05, 3.63) is 0 Å². The molecule has 2 saturated carbocycles. The van der Waals surface area contributed by atoms with Gasteiger partial charge in [0, 0.05) is 18.0 Å². The summed E-state index contributed by atoms with van der Waals surface area (Å²) in [4.78, 5) is 12.2. The van der Waals surface area contributed by atoms with Crippen LogP contribution in [0.2, 0.25) is 0 Å². The van der Waals surface area contributed by atoms with Gasteiger partial charge >= 0.3 is 0 Å². The minimum absolute atomic E-state index is 0.224. The van der Waals surface area contributed by atoms with Gasteiger partial charge in [-0.15, -0.1) is 0 Å². The molecule has 3 atom stereocenters. The molecule has 2 fully saturated rings. The van der Waals surface area contributed by atoms with E-state index in [1.165, 1.54) is 6.42 Å². The van der Waals surface area contributed by atoms with E-state index in [0.29, 0.717) is 12.5 Å². The Hall–Kier alpha value is -0.570. The summed E-state index contributed by atoms with van der Waals surface area (Å²) in [5.41, 5.74) is 5.60. The molecule has 1 amide bonds. The molecular formula is C14H26N2O. The average molecular weight is 238 g/mol. The van der Waals surface area contributed by atoms with E-state index in [1.807, 2.05) is 0 Å². The minimum Gasteiger partial charge on any atom is -0.349 e. The van der Waals surface area contributed by atoms with Crippen LogP contribution < -0.4 is 11.1 Å².